The number of para-hydroxylation sites is 1. The van der Waals surface area contributed by atoms with Crippen molar-refractivity contribution in [2.45, 2.75) is 18.6 Å². The molecule has 0 radical (unpaired) electrons. The molecule has 0 spiro atoms. The van der Waals surface area contributed by atoms with E-state index in [9.17, 15) is 18.0 Å². The highest BCUT2D eigenvalue weighted by Gasteiger charge is 2.39. The summed E-state index contributed by atoms with van der Waals surface area (Å²) in [5.74, 6) is -1.62. The van der Waals surface area contributed by atoms with E-state index in [2.05, 4.69) is 21.9 Å². The number of halogens is 3. The molecule has 0 bridgehead atoms. The summed E-state index contributed by atoms with van der Waals surface area (Å²) in [5.41, 5.74) is 1.23. The summed E-state index contributed by atoms with van der Waals surface area (Å²) in [5, 5.41) is 0. The molecule has 2 fully saturated rings. The Morgan fingerprint density at radius 1 is 1.04 bits per heavy atom. The number of carbonyl (C=O) groups excluding carboxylic acids is 1. The van der Waals surface area contributed by atoms with Crippen LogP contribution in [-0.2, 0) is 4.79 Å². The van der Waals surface area contributed by atoms with Gasteiger partial charge >= 0.3 is 6.18 Å². The van der Waals surface area contributed by atoms with Gasteiger partial charge in [0.15, 0.2) is 0 Å². The molecule has 0 amide bonds. The summed E-state index contributed by atoms with van der Waals surface area (Å²) in [4.78, 5) is 17.6. The number of hydrogen-bond donors (Lipinski definition) is 0. The van der Waals surface area contributed by atoms with E-state index in [1.165, 1.54) is 5.69 Å². The van der Waals surface area contributed by atoms with Crippen molar-refractivity contribution < 1.29 is 18.0 Å². The number of hydrogen-bond acceptors (Lipinski definition) is 4. The minimum atomic E-state index is -4.70. The van der Waals surface area contributed by atoms with Gasteiger partial charge in [-0.25, -0.2) is 0 Å². The fourth-order valence-corrected chi connectivity index (χ4v) is 3.34. The smallest absolute Gasteiger partial charge is 0.369 e. The molecule has 0 atom stereocenters. The van der Waals surface area contributed by atoms with Crippen LogP contribution in [0, 0.1) is 0 Å². The Kier molecular flexibility index (Phi) is 5.10. The summed E-state index contributed by atoms with van der Waals surface area (Å²) in [6, 6.07) is 10.7. The van der Waals surface area contributed by atoms with Crippen LogP contribution in [0.3, 0.4) is 0 Å². The summed E-state index contributed by atoms with van der Waals surface area (Å²) in [7, 11) is 0. The standard InChI is InChI=1S/C17H22F3N3O/c18-17(19,20)16(24)6-7-21-12-15(13-21)23-10-8-22(9-11-23)14-4-2-1-3-5-14/h1-5,15H,6-13H2. The van der Waals surface area contributed by atoms with Gasteiger partial charge < -0.3 is 4.90 Å². The summed E-state index contributed by atoms with van der Waals surface area (Å²) >= 11 is 0. The molecule has 0 N–H and O–H groups in total. The molecule has 0 unspecified atom stereocenters. The lowest BCUT2D eigenvalue weighted by Crippen LogP contribution is -2.63. The summed E-state index contributed by atoms with van der Waals surface area (Å²) in [6.07, 6.45) is -5.13. The molecule has 1 aromatic rings. The van der Waals surface area contributed by atoms with Crippen molar-refractivity contribution >= 4 is 11.5 Å². The van der Waals surface area contributed by atoms with E-state index < -0.39 is 18.4 Å². The highest BCUT2D eigenvalue weighted by atomic mass is 19.4. The predicted molar refractivity (Wildman–Crippen MR) is 86.1 cm³/mol. The van der Waals surface area contributed by atoms with Gasteiger partial charge in [-0.1, -0.05) is 18.2 Å². The van der Waals surface area contributed by atoms with Gasteiger partial charge in [0, 0.05) is 64.0 Å². The molecule has 3 rings (SSSR count). The van der Waals surface area contributed by atoms with Crippen LogP contribution in [-0.4, -0.2) is 73.6 Å². The van der Waals surface area contributed by atoms with Crippen LogP contribution in [0.1, 0.15) is 6.42 Å². The second-order valence-corrected chi connectivity index (χ2v) is 6.44. The first-order valence-electron chi connectivity index (χ1n) is 8.30. The van der Waals surface area contributed by atoms with Crippen LogP contribution in [0.15, 0.2) is 30.3 Å². The second-order valence-electron chi connectivity index (χ2n) is 6.44. The fraction of sp³-hybridized carbons (Fsp3) is 0.588. The Morgan fingerprint density at radius 2 is 1.67 bits per heavy atom. The molecule has 24 heavy (non-hydrogen) atoms. The van der Waals surface area contributed by atoms with Gasteiger partial charge in [-0.05, 0) is 12.1 Å². The monoisotopic (exact) mass is 341 g/mol. The molecule has 2 heterocycles. The van der Waals surface area contributed by atoms with E-state index >= 15 is 0 Å². The lowest BCUT2D eigenvalue weighted by molar-refractivity contribution is -0.171. The molecular weight excluding hydrogens is 319 g/mol. The third-order valence-electron chi connectivity index (χ3n) is 4.86. The number of ketones is 1. The van der Waals surface area contributed by atoms with Crippen LogP contribution < -0.4 is 4.90 Å². The maximum atomic E-state index is 12.2. The number of benzene rings is 1. The SMILES string of the molecule is O=C(CCN1CC(N2CCN(c3ccccc3)CC2)C1)C(F)(F)F. The molecular formula is C17H22F3N3O. The Labute approximate surface area is 139 Å². The van der Waals surface area contributed by atoms with E-state index in [0.717, 1.165) is 39.3 Å². The third-order valence-corrected chi connectivity index (χ3v) is 4.86. The number of anilines is 1. The van der Waals surface area contributed by atoms with E-state index in [1.807, 2.05) is 23.1 Å². The minimum Gasteiger partial charge on any atom is -0.369 e. The average molecular weight is 341 g/mol. The van der Waals surface area contributed by atoms with Gasteiger partial charge in [0.2, 0.25) is 5.78 Å². The van der Waals surface area contributed by atoms with Gasteiger partial charge in [-0.15, -0.1) is 0 Å². The molecule has 4 nitrogen and oxygen atoms in total. The molecule has 132 valence electrons. The number of Topliss-reactive ketones (excluding diaryl/α,β-unsaturated/α-hetero) is 1. The molecule has 2 saturated heterocycles. The number of piperazine rings is 1. The van der Waals surface area contributed by atoms with Crippen LogP contribution in [0.2, 0.25) is 0 Å². The molecule has 7 heteroatoms. The lowest BCUT2D eigenvalue weighted by atomic mass is 10.0. The first kappa shape index (κ1) is 17.2. The zero-order chi connectivity index (χ0) is 17.2. The van der Waals surface area contributed by atoms with E-state index in [0.29, 0.717) is 6.04 Å². The van der Waals surface area contributed by atoms with E-state index in [4.69, 9.17) is 0 Å². The normalized spacial score (nSPS) is 20.9. The minimum absolute atomic E-state index is 0.207. The number of alkyl halides is 3. The van der Waals surface area contributed by atoms with Crippen molar-refractivity contribution in [1.82, 2.24) is 9.80 Å². The largest absolute Gasteiger partial charge is 0.450 e. The Morgan fingerprint density at radius 3 is 2.25 bits per heavy atom. The zero-order valence-electron chi connectivity index (χ0n) is 13.5. The second kappa shape index (κ2) is 7.11. The van der Waals surface area contributed by atoms with Gasteiger partial charge in [-0.2, -0.15) is 13.2 Å². The van der Waals surface area contributed by atoms with Gasteiger partial charge in [-0.3, -0.25) is 14.6 Å². The number of likely N-dealkylation sites (tertiary alicyclic amines) is 1. The van der Waals surface area contributed by atoms with Crippen LogP contribution in [0.25, 0.3) is 0 Å². The fourth-order valence-electron chi connectivity index (χ4n) is 3.34. The van der Waals surface area contributed by atoms with Crippen LogP contribution in [0.5, 0.6) is 0 Å². The maximum absolute atomic E-state index is 12.2. The van der Waals surface area contributed by atoms with Crippen molar-refractivity contribution in [2.24, 2.45) is 0 Å². The molecule has 0 aromatic heterocycles. The molecule has 2 aliphatic heterocycles. The quantitative estimate of drug-likeness (QED) is 0.819. The highest BCUT2D eigenvalue weighted by Crippen LogP contribution is 2.22. The average Bonchev–Trinajstić information content (AvgIpc) is 2.53. The molecule has 2 aliphatic rings. The zero-order valence-corrected chi connectivity index (χ0v) is 13.5. The first-order valence-corrected chi connectivity index (χ1v) is 8.30. The van der Waals surface area contributed by atoms with Crippen molar-refractivity contribution in [1.29, 1.82) is 0 Å². The Hall–Kier alpha value is -1.60. The third kappa shape index (κ3) is 4.08. The number of rotatable bonds is 5. The van der Waals surface area contributed by atoms with Crippen LogP contribution >= 0.6 is 0 Å². The van der Waals surface area contributed by atoms with Gasteiger partial charge in [0.25, 0.3) is 0 Å². The topological polar surface area (TPSA) is 26.8 Å². The lowest BCUT2D eigenvalue weighted by Gasteiger charge is -2.48. The summed E-state index contributed by atoms with van der Waals surface area (Å²) < 4.78 is 36.6. The van der Waals surface area contributed by atoms with Crippen LogP contribution in [0.4, 0.5) is 18.9 Å². The summed E-state index contributed by atoms with van der Waals surface area (Å²) in [6.45, 7) is 5.59. The van der Waals surface area contributed by atoms with E-state index in [-0.39, 0.29) is 6.54 Å². The van der Waals surface area contributed by atoms with Gasteiger partial charge in [0.05, 0.1) is 0 Å². The molecule has 0 saturated carbocycles. The highest BCUT2D eigenvalue weighted by molar-refractivity contribution is 5.84. The van der Waals surface area contributed by atoms with Crippen molar-refractivity contribution in [3.63, 3.8) is 0 Å². The number of carbonyl (C=O) groups is 1. The van der Waals surface area contributed by atoms with E-state index in [1.54, 1.807) is 0 Å². The van der Waals surface area contributed by atoms with Crippen molar-refractivity contribution in [2.75, 3.05) is 50.7 Å². The van der Waals surface area contributed by atoms with Gasteiger partial charge in [0.1, 0.15) is 0 Å². The maximum Gasteiger partial charge on any atom is 0.450 e. The Bertz CT molecular complexity index is 550. The predicted octanol–water partition coefficient (Wildman–Crippen LogP) is 2.01. The van der Waals surface area contributed by atoms with Crippen molar-refractivity contribution in [3.05, 3.63) is 30.3 Å². The Balaban J connectivity index is 1.37. The number of nitrogens with zero attached hydrogens (tertiary/aromatic N) is 3. The molecule has 1 aromatic carbocycles. The first-order chi connectivity index (χ1) is 11.4. The molecule has 0 aliphatic carbocycles. The van der Waals surface area contributed by atoms with Crippen molar-refractivity contribution in [3.8, 4) is 0 Å².